The fraction of sp³-hybridized carbons (Fsp3) is 0.0588. The van der Waals surface area contributed by atoms with Crippen LogP contribution in [0.25, 0.3) is 10.6 Å². The van der Waals surface area contributed by atoms with E-state index in [1.165, 1.54) is 0 Å². The quantitative estimate of drug-likeness (QED) is 0.797. The first-order chi connectivity index (χ1) is 9.81. The number of allylic oxidation sites excluding steroid dienone is 1. The molecule has 0 N–H and O–H groups in total. The number of rotatable bonds is 2. The van der Waals surface area contributed by atoms with E-state index in [-0.39, 0.29) is 0 Å². The van der Waals surface area contributed by atoms with E-state index in [4.69, 9.17) is 21.1 Å². The lowest BCUT2D eigenvalue weighted by Crippen LogP contribution is -1.94. The molecule has 0 saturated carbocycles. The van der Waals surface area contributed by atoms with Gasteiger partial charge in [-0.15, -0.1) is 0 Å². The monoisotopic (exact) mass is 284 g/mol. The Morgan fingerprint density at radius 2 is 1.65 bits per heavy atom. The standard InChI is InChI=1S/C17H13ClO2/c1-19-15-11-20-14-10-6-5-9-13(14)17(18)16(15)12-7-3-2-4-8-12/h2-11H,1H3. The molecule has 20 heavy (non-hydrogen) atoms. The summed E-state index contributed by atoms with van der Waals surface area (Å²) in [5.41, 5.74) is 2.68. The summed E-state index contributed by atoms with van der Waals surface area (Å²) in [6.07, 6.45) is 1.59. The Balaban J connectivity index is 2.26. The molecular weight excluding hydrogens is 272 g/mol. The van der Waals surface area contributed by atoms with Crippen LogP contribution in [0.3, 0.4) is 0 Å². The Kier molecular flexibility index (Phi) is 3.48. The van der Waals surface area contributed by atoms with E-state index in [1.807, 2.05) is 54.6 Å². The maximum atomic E-state index is 6.60. The Hall–Kier alpha value is -2.19. The molecule has 3 rings (SSSR count). The van der Waals surface area contributed by atoms with Crippen molar-refractivity contribution < 1.29 is 9.47 Å². The van der Waals surface area contributed by atoms with E-state index in [9.17, 15) is 0 Å². The lowest BCUT2D eigenvalue weighted by atomic mass is 10.0. The summed E-state index contributed by atoms with van der Waals surface area (Å²) in [7, 11) is 1.61. The summed E-state index contributed by atoms with van der Waals surface area (Å²) < 4.78 is 11.1. The molecule has 0 bridgehead atoms. The maximum Gasteiger partial charge on any atom is 0.163 e. The van der Waals surface area contributed by atoms with Crippen molar-refractivity contribution >= 4 is 22.2 Å². The molecule has 0 saturated heterocycles. The second-order valence-electron chi connectivity index (χ2n) is 4.36. The van der Waals surface area contributed by atoms with Gasteiger partial charge in [-0.3, -0.25) is 0 Å². The van der Waals surface area contributed by atoms with Crippen molar-refractivity contribution in [1.29, 1.82) is 0 Å². The van der Waals surface area contributed by atoms with Gasteiger partial charge in [0.05, 0.1) is 12.1 Å². The van der Waals surface area contributed by atoms with E-state index in [1.54, 1.807) is 13.4 Å². The molecule has 0 atom stereocenters. The molecule has 0 spiro atoms. The predicted octanol–water partition coefficient (Wildman–Crippen LogP) is 4.67. The van der Waals surface area contributed by atoms with Gasteiger partial charge in [0, 0.05) is 11.1 Å². The number of ether oxygens (including phenoxy) is 2. The lowest BCUT2D eigenvalue weighted by Gasteiger charge is -2.11. The molecule has 0 aromatic heterocycles. The van der Waals surface area contributed by atoms with Crippen LogP contribution < -0.4 is 4.74 Å². The smallest absolute Gasteiger partial charge is 0.163 e. The molecular formula is C17H13ClO2. The molecule has 0 radical (unpaired) electrons. The van der Waals surface area contributed by atoms with Crippen LogP contribution in [0.5, 0.6) is 5.75 Å². The molecule has 0 amide bonds. The van der Waals surface area contributed by atoms with Crippen LogP contribution in [0, 0.1) is 0 Å². The van der Waals surface area contributed by atoms with Gasteiger partial charge >= 0.3 is 0 Å². The number of methoxy groups -OCH3 is 1. The zero-order chi connectivity index (χ0) is 13.9. The van der Waals surface area contributed by atoms with Crippen LogP contribution in [-0.4, -0.2) is 7.11 Å². The molecule has 3 heteroatoms. The first kappa shape index (κ1) is 12.8. The predicted molar refractivity (Wildman–Crippen MR) is 81.3 cm³/mol. The number of fused-ring (bicyclic) bond motifs is 1. The fourth-order valence-corrected chi connectivity index (χ4v) is 2.55. The highest BCUT2D eigenvalue weighted by Gasteiger charge is 2.21. The first-order valence-corrected chi connectivity index (χ1v) is 6.65. The van der Waals surface area contributed by atoms with Gasteiger partial charge in [-0.1, -0.05) is 54.1 Å². The van der Waals surface area contributed by atoms with Gasteiger partial charge < -0.3 is 9.47 Å². The van der Waals surface area contributed by atoms with Gasteiger partial charge in [0.25, 0.3) is 0 Å². The fourth-order valence-electron chi connectivity index (χ4n) is 2.19. The van der Waals surface area contributed by atoms with Crippen LogP contribution in [0.4, 0.5) is 0 Å². The SMILES string of the molecule is COC1=COc2ccccc2C(Cl)=C1c1ccccc1. The summed E-state index contributed by atoms with van der Waals surface area (Å²) in [5, 5.41) is 0.623. The minimum Gasteiger partial charge on any atom is -0.493 e. The molecule has 0 fully saturated rings. The van der Waals surface area contributed by atoms with Crippen molar-refractivity contribution in [2.75, 3.05) is 7.11 Å². The van der Waals surface area contributed by atoms with E-state index in [2.05, 4.69) is 0 Å². The van der Waals surface area contributed by atoms with E-state index >= 15 is 0 Å². The van der Waals surface area contributed by atoms with Crippen molar-refractivity contribution in [3.05, 3.63) is 77.7 Å². The number of para-hydroxylation sites is 1. The topological polar surface area (TPSA) is 18.5 Å². The van der Waals surface area contributed by atoms with E-state index in [0.717, 1.165) is 22.4 Å². The van der Waals surface area contributed by atoms with Crippen LogP contribution in [0.15, 0.2) is 66.6 Å². The average Bonchev–Trinajstić information content (AvgIpc) is 2.65. The number of hydrogen-bond donors (Lipinski definition) is 0. The van der Waals surface area contributed by atoms with Crippen LogP contribution in [-0.2, 0) is 4.74 Å². The highest BCUT2D eigenvalue weighted by Crippen LogP contribution is 2.40. The molecule has 1 aliphatic heterocycles. The number of benzene rings is 2. The van der Waals surface area contributed by atoms with Crippen LogP contribution >= 0.6 is 11.6 Å². The molecule has 0 unspecified atom stereocenters. The Morgan fingerprint density at radius 1 is 0.950 bits per heavy atom. The normalized spacial score (nSPS) is 14.0. The summed E-state index contributed by atoms with van der Waals surface area (Å²) in [6.45, 7) is 0. The zero-order valence-electron chi connectivity index (χ0n) is 11.0. The largest absolute Gasteiger partial charge is 0.493 e. The average molecular weight is 285 g/mol. The third kappa shape index (κ3) is 2.19. The van der Waals surface area contributed by atoms with Crippen molar-refractivity contribution in [1.82, 2.24) is 0 Å². The second kappa shape index (κ2) is 5.43. The molecule has 2 nitrogen and oxygen atoms in total. The van der Waals surface area contributed by atoms with Crippen LogP contribution in [0.2, 0.25) is 0 Å². The second-order valence-corrected chi connectivity index (χ2v) is 4.73. The van der Waals surface area contributed by atoms with Gasteiger partial charge in [-0.05, 0) is 17.7 Å². The third-order valence-electron chi connectivity index (χ3n) is 3.16. The molecule has 100 valence electrons. The van der Waals surface area contributed by atoms with Gasteiger partial charge in [0.1, 0.15) is 12.0 Å². The summed E-state index contributed by atoms with van der Waals surface area (Å²) in [4.78, 5) is 0. The highest BCUT2D eigenvalue weighted by atomic mass is 35.5. The number of hydrogen-bond acceptors (Lipinski definition) is 2. The van der Waals surface area contributed by atoms with Crippen molar-refractivity contribution in [3.8, 4) is 5.75 Å². The van der Waals surface area contributed by atoms with Gasteiger partial charge in [-0.25, -0.2) is 0 Å². The van der Waals surface area contributed by atoms with Crippen LogP contribution in [0.1, 0.15) is 11.1 Å². The minimum absolute atomic E-state index is 0.609. The maximum absolute atomic E-state index is 6.60. The third-order valence-corrected chi connectivity index (χ3v) is 3.56. The van der Waals surface area contributed by atoms with Gasteiger partial charge in [0.15, 0.2) is 5.76 Å². The lowest BCUT2D eigenvalue weighted by molar-refractivity contribution is 0.294. The molecule has 1 heterocycles. The van der Waals surface area contributed by atoms with Crippen molar-refractivity contribution in [3.63, 3.8) is 0 Å². The van der Waals surface area contributed by atoms with Crippen molar-refractivity contribution in [2.24, 2.45) is 0 Å². The Morgan fingerprint density at radius 3 is 2.40 bits per heavy atom. The Labute approximate surface area is 122 Å². The molecule has 2 aromatic rings. The van der Waals surface area contributed by atoms with Crippen molar-refractivity contribution in [2.45, 2.75) is 0 Å². The number of halogens is 1. The van der Waals surface area contributed by atoms with Gasteiger partial charge in [0.2, 0.25) is 0 Å². The van der Waals surface area contributed by atoms with E-state index < -0.39 is 0 Å². The molecule has 1 aliphatic rings. The highest BCUT2D eigenvalue weighted by molar-refractivity contribution is 6.53. The summed E-state index contributed by atoms with van der Waals surface area (Å²) in [5.74, 6) is 1.33. The molecule has 2 aromatic carbocycles. The van der Waals surface area contributed by atoms with Gasteiger partial charge in [-0.2, -0.15) is 0 Å². The zero-order valence-corrected chi connectivity index (χ0v) is 11.7. The summed E-state index contributed by atoms with van der Waals surface area (Å²) in [6, 6.07) is 17.6. The molecule has 0 aliphatic carbocycles. The minimum atomic E-state index is 0.609. The Bertz CT molecular complexity index is 687. The summed E-state index contributed by atoms with van der Waals surface area (Å²) >= 11 is 6.60. The first-order valence-electron chi connectivity index (χ1n) is 6.27. The van der Waals surface area contributed by atoms with E-state index in [0.29, 0.717) is 10.8 Å².